The molecule has 0 bridgehead atoms. The summed E-state index contributed by atoms with van der Waals surface area (Å²) in [6, 6.07) is 7.05. The second kappa shape index (κ2) is 10.6. The van der Waals surface area contributed by atoms with Gasteiger partial charge in [-0.15, -0.1) is 0 Å². The summed E-state index contributed by atoms with van der Waals surface area (Å²) in [5.41, 5.74) is 0.815. The lowest BCUT2D eigenvalue weighted by molar-refractivity contribution is -0.142. The summed E-state index contributed by atoms with van der Waals surface area (Å²) in [7, 11) is 0. The molecule has 1 rings (SSSR count). The normalized spacial score (nSPS) is 12.8. The van der Waals surface area contributed by atoms with Crippen molar-refractivity contribution in [1.29, 1.82) is 0 Å². The number of amides is 2. The molecule has 1 aromatic rings. The van der Waals surface area contributed by atoms with E-state index in [0.717, 1.165) is 5.56 Å². The molecule has 2 amide bonds. The molecule has 142 valence electrons. The Morgan fingerprint density at radius 1 is 1.19 bits per heavy atom. The van der Waals surface area contributed by atoms with Crippen LogP contribution in [0.1, 0.15) is 25.8 Å². The van der Waals surface area contributed by atoms with E-state index in [1.54, 1.807) is 13.8 Å². The number of aliphatic carboxylic acids is 1. The number of alkyl carbamates (subject to hydrolysis) is 1. The molecule has 0 spiro atoms. The smallest absolute Gasteiger partial charge is 0.408 e. The molecular formula is C18H23BrN2O5. The second-order valence-corrected chi connectivity index (χ2v) is 7.17. The fourth-order valence-electron chi connectivity index (χ4n) is 2.11. The Kier molecular flexibility index (Phi) is 8.84. The van der Waals surface area contributed by atoms with Crippen molar-refractivity contribution in [2.75, 3.05) is 0 Å². The minimum Gasteiger partial charge on any atom is -0.480 e. The summed E-state index contributed by atoms with van der Waals surface area (Å²) in [5, 5.41) is 14.1. The number of benzene rings is 1. The number of hydrogen-bond donors (Lipinski definition) is 3. The minimum absolute atomic E-state index is 0.0321. The van der Waals surface area contributed by atoms with Gasteiger partial charge in [0.1, 0.15) is 18.7 Å². The number of hydrogen-bond acceptors (Lipinski definition) is 4. The fraction of sp³-hybridized carbons (Fsp3) is 0.389. The number of halogens is 1. The van der Waals surface area contributed by atoms with E-state index in [2.05, 4.69) is 33.1 Å². The van der Waals surface area contributed by atoms with E-state index in [1.165, 1.54) is 0 Å². The summed E-state index contributed by atoms with van der Waals surface area (Å²) in [4.78, 5) is 35.6. The minimum atomic E-state index is -1.19. The van der Waals surface area contributed by atoms with Crippen molar-refractivity contribution in [3.8, 4) is 0 Å². The van der Waals surface area contributed by atoms with Crippen LogP contribution in [0, 0.1) is 5.92 Å². The third-order valence-corrected chi connectivity index (χ3v) is 3.80. The average molecular weight is 427 g/mol. The molecular weight excluding hydrogens is 404 g/mol. The number of carboxylic acid groups (broad SMARTS) is 1. The summed E-state index contributed by atoms with van der Waals surface area (Å²) in [5.74, 6) is -2.05. The largest absolute Gasteiger partial charge is 0.480 e. The Morgan fingerprint density at radius 2 is 1.81 bits per heavy atom. The lowest BCUT2D eigenvalue weighted by atomic mass is 10.0. The molecule has 8 heteroatoms. The number of carboxylic acids is 1. The first-order valence-electron chi connectivity index (χ1n) is 8.04. The highest BCUT2D eigenvalue weighted by atomic mass is 79.9. The predicted octanol–water partition coefficient (Wildman–Crippen LogP) is 2.81. The first kappa shape index (κ1) is 21.7. The van der Waals surface area contributed by atoms with E-state index in [-0.39, 0.29) is 18.9 Å². The van der Waals surface area contributed by atoms with Crippen LogP contribution in [0.15, 0.2) is 41.4 Å². The fourth-order valence-corrected chi connectivity index (χ4v) is 2.43. The van der Waals surface area contributed by atoms with E-state index < -0.39 is 30.1 Å². The van der Waals surface area contributed by atoms with Gasteiger partial charge in [0.2, 0.25) is 5.91 Å². The Bertz CT molecular complexity index is 648. The number of carbonyl (C=O) groups is 3. The molecule has 2 atom stereocenters. The summed E-state index contributed by atoms with van der Waals surface area (Å²) in [6.07, 6.45) is -0.718. The zero-order chi connectivity index (χ0) is 19.7. The van der Waals surface area contributed by atoms with Crippen LogP contribution in [0.4, 0.5) is 4.79 Å². The maximum atomic E-state index is 12.4. The van der Waals surface area contributed by atoms with Gasteiger partial charge in [0, 0.05) is 6.42 Å². The standard InChI is InChI=1S/C18H23BrN2O5/c1-11(2)15(16(22)20-14(17(23)24)9-12(3)19)21-18(25)26-10-13-7-5-4-6-8-13/h4-8,11,14-15H,3,9-10H2,1-2H3,(H,20,22)(H,21,25)(H,23,24)/t14-,15+/m0/s1. The molecule has 0 fully saturated rings. The van der Waals surface area contributed by atoms with Crippen molar-refractivity contribution >= 4 is 33.9 Å². The van der Waals surface area contributed by atoms with Gasteiger partial charge in [-0.3, -0.25) is 4.79 Å². The Balaban J connectivity index is 2.65. The molecule has 0 saturated heterocycles. The molecule has 3 N–H and O–H groups in total. The molecule has 0 saturated carbocycles. The zero-order valence-corrected chi connectivity index (χ0v) is 16.3. The van der Waals surface area contributed by atoms with Crippen LogP contribution in [-0.4, -0.2) is 35.2 Å². The third kappa shape index (κ3) is 7.69. The van der Waals surface area contributed by atoms with E-state index >= 15 is 0 Å². The monoisotopic (exact) mass is 426 g/mol. The first-order valence-corrected chi connectivity index (χ1v) is 8.83. The topological polar surface area (TPSA) is 105 Å². The highest BCUT2D eigenvalue weighted by Crippen LogP contribution is 2.11. The van der Waals surface area contributed by atoms with Crippen LogP contribution in [-0.2, 0) is 20.9 Å². The van der Waals surface area contributed by atoms with Crippen molar-refractivity contribution in [3.05, 3.63) is 47.0 Å². The summed E-state index contributed by atoms with van der Waals surface area (Å²) >= 11 is 3.08. The Labute approximate surface area is 160 Å². The molecule has 0 aromatic heterocycles. The molecule has 7 nitrogen and oxygen atoms in total. The number of carbonyl (C=O) groups excluding carboxylic acids is 2. The SMILES string of the molecule is C=C(Br)C[C@H](NC(=O)[C@H](NC(=O)OCc1ccccc1)C(C)C)C(=O)O. The van der Waals surface area contributed by atoms with Gasteiger partial charge in [0.25, 0.3) is 0 Å². The van der Waals surface area contributed by atoms with Crippen molar-refractivity contribution in [2.24, 2.45) is 5.92 Å². The molecule has 1 aromatic carbocycles. The van der Waals surface area contributed by atoms with Crippen molar-refractivity contribution in [1.82, 2.24) is 10.6 Å². The maximum Gasteiger partial charge on any atom is 0.408 e. The Morgan fingerprint density at radius 3 is 2.31 bits per heavy atom. The van der Waals surface area contributed by atoms with Crippen molar-refractivity contribution < 1.29 is 24.2 Å². The van der Waals surface area contributed by atoms with E-state index in [0.29, 0.717) is 4.48 Å². The predicted molar refractivity (Wildman–Crippen MR) is 101 cm³/mol. The molecule has 0 unspecified atom stereocenters. The third-order valence-electron chi connectivity index (χ3n) is 3.48. The number of ether oxygens (including phenoxy) is 1. The quantitative estimate of drug-likeness (QED) is 0.562. The van der Waals surface area contributed by atoms with Gasteiger partial charge in [-0.2, -0.15) is 0 Å². The average Bonchev–Trinajstić information content (AvgIpc) is 2.57. The summed E-state index contributed by atoms with van der Waals surface area (Å²) in [6.45, 7) is 7.12. The molecule has 0 radical (unpaired) electrons. The molecule has 0 aliphatic carbocycles. The molecule has 0 aliphatic heterocycles. The molecule has 0 heterocycles. The van der Waals surface area contributed by atoms with Crippen molar-refractivity contribution in [3.63, 3.8) is 0 Å². The molecule has 26 heavy (non-hydrogen) atoms. The van der Waals surface area contributed by atoms with Gasteiger partial charge in [-0.25, -0.2) is 9.59 Å². The lowest BCUT2D eigenvalue weighted by Gasteiger charge is -2.23. The van der Waals surface area contributed by atoms with E-state index in [4.69, 9.17) is 4.74 Å². The first-order chi connectivity index (χ1) is 12.2. The zero-order valence-electron chi connectivity index (χ0n) is 14.7. The maximum absolute atomic E-state index is 12.4. The van der Waals surface area contributed by atoms with Gasteiger partial charge in [0.05, 0.1) is 0 Å². The van der Waals surface area contributed by atoms with Gasteiger partial charge >= 0.3 is 12.1 Å². The van der Waals surface area contributed by atoms with Gasteiger partial charge < -0.3 is 20.5 Å². The van der Waals surface area contributed by atoms with Crippen LogP contribution < -0.4 is 10.6 Å². The van der Waals surface area contributed by atoms with Crippen molar-refractivity contribution in [2.45, 2.75) is 39.0 Å². The highest BCUT2D eigenvalue weighted by Gasteiger charge is 2.29. The van der Waals surface area contributed by atoms with Gasteiger partial charge in [-0.05, 0) is 16.0 Å². The lowest BCUT2D eigenvalue weighted by Crippen LogP contribution is -2.53. The van der Waals surface area contributed by atoms with Crippen LogP contribution in [0.3, 0.4) is 0 Å². The van der Waals surface area contributed by atoms with E-state index in [1.807, 2.05) is 30.3 Å². The van der Waals surface area contributed by atoms with E-state index in [9.17, 15) is 19.5 Å². The highest BCUT2D eigenvalue weighted by molar-refractivity contribution is 9.11. The van der Waals surface area contributed by atoms with Gasteiger partial charge in [0.15, 0.2) is 0 Å². The number of rotatable bonds is 9. The van der Waals surface area contributed by atoms with Crippen LogP contribution >= 0.6 is 15.9 Å². The number of nitrogens with one attached hydrogen (secondary N) is 2. The van der Waals surface area contributed by atoms with Gasteiger partial charge in [-0.1, -0.05) is 66.7 Å². The summed E-state index contributed by atoms with van der Waals surface area (Å²) < 4.78 is 5.55. The van der Waals surface area contributed by atoms with Crippen LogP contribution in [0.2, 0.25) is 0 Å². The second-order valence-electron chi connectivity index (χ2n) is 6.05. The Hall–Kier alpha value is -2.35. The molecule has 0 aliphatic rings. The van der Waals surface area contributed by atoms with Crippen LogP contribution in [0.5, 0.6) is 0 Å². The van der Waals surface area contributed by atoms with Crippen LogP contribution in [0.25, 0.3) is 0 Å².